The van der Waals surface area contributed by atoms with Crippen molar-refractivity contribution >= 4 is 112 Å². The highest BCUT2D eigenvalue weighted by Gasteiger charge is 2.51. The quantitative estimate of drug-likeness (QED) is 0.0187. The maximum absolute atomic E-state index is 12.4. The molecule has 1 heterocycles. The molecule has 1 rings (SSSR count). The summed E-state index contributed by atoms with van der Waals surface area (Å²) in [6, 6.07) is 0.872. The van der Waals surface area contributed by atoms with Gasteiger partial charge in [0.1, 0.15) is 12.7 Å². The molecule has 0 bridgehead atoms. The van der Waals surface area contributed by atoms with Crippen LogP contribution in [-0.2, 0) is 74.5 Å². The number of esters is 3. The highest BCUT2D eigenvalue weighted by molar-refractivity contribution is 6.93. The predicted molar refractivity (Wildman–Crippen MR) is 362 cm³/mol. The molecular weight excluding hydrogens is 1230 g/mol. The second kappa shape index (κ2) is 34.5. The van der Waals surface area contributed by atoms with Crippen LogP contribution in [0.1, 0.15) is 121 Å². The molecule has 0 aromatic carbocycles. The molecular formula is C54H128O17Si11. The van der Waals surface area contributed by atoms with E-state index in [9.17, 15) is 14.4 Å². The van der Waals surface area contributed by atoms with Crippen molar-refractivity contribution in [2.45, 2.75) is 283 Å². The van der Waals surface area contributed by atoms with Gasteiger partial charge in [0.25, 0.3) is 0 Å². The van der Waals surface area contributed by atoms with E-state index < -0.39 is 99.1 Å². The summed E-state index contributed by atoms with van der Waals surface area (Å²) in [7, 11) is -27.6. The first-order valence-electron chi connectivity index (χ1n) is 30.6. The van der Waals surface area contributed by atoms with Crippen molar-refractivity contribution in [2.24, 2.45) is 22.7 Å². The SMILES string of the molecule is CCC(C)(C)C(=O)OCC1CO1.CCC(C)(C)C(=O)OCCC[Si](C)(C)O[Si](C)(C)O[Si](C)(C)O[Si](C)(C)O[Si](C)(C)O[Si](C)(C)O[Si](C)(C)O[Si](C)(C)O[Si](C)(C)O[Si](C)(C)O[Si](C)(C)C.CCCCC(CC)COC(=O)C(C)CC. The Morgan fingerprint density at radius 1 is 0.463 bits per heavy atom. The van der Waals surface area contributed by atoms with Gasteiger partial charge in [-0.2, -0.15) is 0 Å². The van der Waals surface area contributed by atoms with Crippen LogP contribution in [0.2, 0.25) is 157 Å². The first-order valence-corrected chi connectivity index (χ1v) is 62.5. The van der Waals surface area contributed by atoms with Crippen LogP contribution < -0.4 is 0 Å². The van der Waals surface area contributed by atoms with Crippen LogP contribution >= 0.6 is 0 Å². The zero-order chi connectivity index (χ0) is 65.1. The molecule has 3 atom stereocenters. The van der Waals surface area contributed by atoms with Crippen molar-refractivity contribution in [1.29, 1.82) is 0 Å². The molecule has 0 saturated carbocycles. The van der Waals surface area contributed by atoms with Gasteiger partial charge in [0.2, 0.25) is 0 Å². The van der Waals surface area contributed by atoms with Crippen molar-refractivity contribution < 1.29 is 74.5 Å². The number of hydrogen-bond donors (Lipinski definition) is 0. The Hall–Kier alpha value is 0.356. The summed E-state index contributed by atoms with van der Waals surface area (Å²) in [6.07, 6.45) is 8.09. The third kappa shape index (κ3) is 40.8. The lowest BCUT2D eigenvalue weighted by atomic mass is 9.91. The molecule has 0 amide bonds. The molecule has 1 aliphatic rings. The van der Waals surface area contributed by atoms with Crippen molar-refractivity contribution in [3.8, 4) is 0 Å². The summed E-state index contributed by atoms with van der Waals surface area (Å²) in [4.78, 5) is 35.2. The second-order valence-corrected chi connectivity index (χ2v) is 70.7. The predicted octanol–water partition coefficient (Wildman–Crippen LogP) is 16.0. The fourth-order valence-electron chi connectivity index (χ4n) is 9.46. The van der Waals surface area contributed by atoms with E-state index in [2.05, 4.69) is 164 Å². The van der Waals surface area contributed by atoms with E-state index in [1.54, 1.807) is 0 Å². The van der Waals surface area contributed by atoms with Crippen molar-refractivity contribution in [2.75, 3.05) is 26.4 Å². The monoisotopic (exact) mass is 1360 g/mol. The molecule has 0 aromatic rings. The van der Waals surface area contributed by atoms with Crippen molar-refractivity contribution in [1.82, 2.24) is 0 Å². The van der Waals surface area contributed by atoms with Crippen LogP contribution in [0, 0.1) is 22.7 Å². The van der Waals surface area contributed by atoms with Gasteiger partial charge < -0.3 is 60.1 Å². The van der Waals surface area contributed by atoms with Gasteiger partial charge in [-0.05, 0) is 222 Å². The molecule has 490 valence electrons. The maximum Gasteiger partial charge on any atom is 0.314 e. The number of unbranched alkanes of at least 4 members (excludes halogenated alkanes) is 1. The lowest BCUT2D eigenvalue weighted by Crippen LogP contribution is -2.62. The molecule has 0 N–H and O–H groups in total. The van der Waals surface area contributed by atoms with Crippen molar-refractivity contribution in [3.63, 3.8) is 0 Å². The molecule has 28 heteroatoms. The van der Waals surface area contributed by atoms with Gasteiger partial charge in [-0.3, -0.25) is 14.4 Å². The van der Waals surface area contributed by atoms with Crippen LogP contribution in [0.25, 0.3) is 0 Å². The van der Waals surface area contributed by atoms with E-state index in [1.165, 1.54) is 19.3 Å². The third-order valence-corrected chi connectivity index (χ3v) is 54.5. The Kier molecular flexibility index (Phi) is 35.5. The Labute approximate surface area is 515 Å². The van der Waals surface area contributed by atoms with E-state index in [0.717, 1.165) is 44.8 Å². The Bertz CT molecular complexity index is 1890. The average molecular weight is 1360 g/mol. The Balaban J connectivity index is 0. The third-order valence-electron chi connectivity index (χ3n) is 12.9. The summed E-state index contributed by atoms with van der Waals surface area (Å²) in [6.45, 7) is 70.4. The van der Waals surface area contributed by atoms with Crippen LogP contribution in [0.3, 0.4) is 0 Å². The van der Waals surface area contributed by atoms with Gasteiger partial charge in [0.15, 0.2) is 16.6 Å². The van der Waals surface area contributed by atoms with Crippen LogP contribution in [-0.4, -0.2) is 144 Å². The smallest absolute Gasteiger partial charge is 0.314 e. The van der Waals surface area contributed by atoms with Gasteiger partial charge in [0.05, 0.1) is 36.6 Å². The van der Waals surface area contributed by atoms with Crippen LogP contribution in [0.4, 0.5) is 0 Å². The molecule has 1 aliphatic heterocycles. The molecule has 3 unspecified atom stereocenters. The minimum Gasteiger partial charge on any atom is -0.465 e. The van der Waals surface area contributed by atoms with Crippen LogP contribution in [0.5, 0.6) is 0 Å². The van der Waals surface area contributed by atoms with E-state index in [1.807, 2.05) is 55.4 Å². The number of carbonyl (C=O) groups is 3. The summed E-state index contributed by atoms with van der Waals surface area (Å²) in [5, 5.41) is 0. The maximum atomic E-state index is 12.4. The fourth-order valence-corrected chi connectivity index (χ4v) is 64.8. The topological polar surface area (TPSA) is 184 Å². The molecule has 0 aromatic heterocycles. The van der Waals surface area contributed by atoms with Crippen LogP contribution in [0.15, 0.2) is 0 Å². The van der Waals surface area contributed by atoms with Gasteiger partial charge in [-0.25, -0.2) is 0 Å². The minimum atomic E-state index is -2.74. The fraction of sp³-hybridized carbons (Fsp3) is 0.944. The van der Waals surface area contributed by atoms with Gasteiger partial charge in [-0.15, -0.1) is 0 Å². The average Bonchev–Trinajstić information content (AvgIpc) is 4.06. The Morgan fingerprint density at radius 3 is 1.09 bits per heavy atom. The van der Waals surface area contributed by atoms with Gasteiger partial charge in [-0.1, -0.05) is 60.8 Å². The van der Waals surface area contributed by atoms with E-state index in [4.69, 9.17) is 60.1 Å². The zero-order valence-electron chi connectivity index (χ0n) is 58.9. The Morgan fingerprint density at radius 2 is 0.793 bits per heavy atom. The highest BCUT2D eigenvalue weighted by Crippen LogP contribution is 2.32. The zero-order valence-corrected chi connectivity index (χ0v) is 69.9. The first-order chi connectivity index (χ1) is 36.5. The summed E-state index contributed by atoms with van der Waals surface area (Å²) in [5.41, 5.74) is -0.812. The standard InChI is InChI=1S/C32H86O12Si11.C13H26O2.C9H16O3/c1-27-32(2,3)31(33)34-29-28-30-46(7,8)36-48(11,12)38-50(15,16)40-52(19,20)42-54(23,24)44-55(25,26)43-53(21,22)41-51(17,18)39-49(13,14)37-47(9,10)35-45(4,5)6;1-5-8-9-12(7-3)10-15-13(14)11(4)6-2;1-4-9(2,3)8(10)12-6-7-5-11-7/h27-30H2,1-26H3;11-12H,5-10H2,1-4H3;7H,4-6H2,1-3H3. The molecule has 0 spiro atoms. The summed E-state index contributed by atoms with van der Waals surface area (Å²) < 4.78 is 88.2. The number of rotatable bonds is 38. The highest BCUT2D eigenvalue weighted by atomic mass is 28.5. The van der Waals surface area contributed by atoms with E-state index in [0.29, 0.717) is 25.7 Å². The molecule has 0 radical (unpaired) electrons. The molecule has 1 fully saturated rings. The largest absolute Gasteiger partial charge is 0.465 e. The van der Waals surface area contributed by atoms with Gasteiger partial charge in [0, 0.05) is 0 Å². The normalized spacial score (nSPS) is 16.3. The number of epoxide rings is 1. The molecule has 17 nitrogen and oxygen atoms in total. The van der Waals surface area contributed by atoms with E-state index in [-0.39, 0.29) is 35.3 Å². The molecule has 82 heavy (non-hydrogen) atoms. The second-order valence-electron chi connectivity index (χ2n) is 29.1. The number of carbonyl (C=O) groups excluding carboxylic acids is 3. The molecule has 1 saturated heterocycles. The lowest BCUT2D eigenvalue weighted by molar-refractivity contribution is -0.155. The summed E-state index contributed by atoms with van der Waals surface area (Å²) >= 11 is 0. The van der Waals surface area contributed by atoms with Crippen molar-refractivity contribution in [3.05, 3.63) is 0 Å². The number of hydrogen-bond acceptors (Lipinski definition) is 17. The lowest BCUT2D eigenvalue weighted by Gasteiger charge is -2.45. The number of ether oxygens (including phenoxy) is 4. The van der Waals surface area contributed by atoms with E-state index >= 15 is 0 Å². The van der Waals surface area contributed by atoms with Gasteiger partial charge >= 0.3 is 95.0 Å². The minimum absolute atomic E-state index is 0.0348. The molecule has 0 aliphatic carbocycles. The summed E-state index contributed by atoms with van der Waals surface area (Å²) in [5.74, 6) is 0.301. The first kappa shape index (κ1) is 84.4.